The predicted octanol–water partition coefficient (Wildman–Crippen LogP) is 3.41. The summed E-state index contributed by atoms with van der Waals surface area (Å²) >= 11 is 0. The first-order valence-electron chi connectivity index (χ1n) is 10.8. The Morgan fingerprint density at radius 2 is 1.87 bits per heavy atom. The first kappa shape index (κ1) is 21.0. The maximum Gasteiger partial charge on any atom is 0.228 e. The Hall–Kier alpha value is -3.23. The monoisotopic (exact) mass is 423 g/mol. The minimum absolute atomic E-state index is 0.276. The molecule has 164 valence electrons. The number of anilines is 1. The molecule has 1 aliphatic carbocycles. The van der Waals surface area contributed by atoms with Gasteiger partial charge >= 0.3 is 0 Å². The Balaban J connectivity index is 1.49. The van der Waals surface area contributed by atoms with Crippen LogP contribution in [0.4, 0.5) is 5.95 Å². The van der Waals surface area contributed by atoms with E-state index in [4.69, 9.17) is 9.47 Å². The van der Waals surface area contributed by atoms with Crippen molar-refractivity contribution in [2.45, 2.75) is 51.7 Å². The predicted molar refractivity (Wildman–Crippen MR) is 117 cm³/mol. The number of hydrogen-bond donors (Lipinski definition) is 0. The van der Waals surface area contributed by atoms with Gasteiger partial charge in [-0.25, -0.2) is 15.0 Å². The lowest BCUT2D eigenvalue weighted by molar-refractivity contribution is 0.154. The summed E-state index contributed by atoms with van der Waals surface area (Å²) < 4.78 is 13.4. The third kappa shape index (κ3) is 5.10. The second-order valence-corrected chi connectivity index (χ2v) is 7.73. The minimum atomic E-state index is 0.276. The SMILES string of the molecule is CCOc1ccnc(N(C)Cc2c(-c3ncc(OC4CCCCC4)cn3)cnn2C)n1. The van der Waals surface area contributed by atoms with E-state index >= 15 is 0 Å². The lowest BCUT2D eigenvalue weighted by Crippen LogP contribution is -2.21. The van der Waals surface area contributed by atoms with Gasteiger partial charge in [-0.05, 0) is 32.6 Å². The maximum atomic E-state index is 6.05. The number of aryl methyl sites for hydroxylation is 1. The summed E-state index contributed by atoms with van der Waals surface area (Å²) in [5.74, 6) is 2.48. The number of aromatic nitrogens is 6. The summed E-state index contributed by atoms with van der Waals surface area (Å²) in [4.78, 5) is 19.9. The maximum absolute atomic E-state index is 6.05. The van der Waals surface area contributed by atoms with Crippen molar-refractivity contribution in [3.63, 3.8) is 0 Å². The summed E-state index contributed by atoms with van der Waals surface area (Å²) in [6.45, 7) is 3.04. The van der Waals surface area contributed by atoms with Gasteiger partial charge in [-0.3, -0.25) is 4.68 Å². The number of ether oxygens (including phenoxy) is 2. The van der Waals surface area contributed by atoms with Gasteiger partial charge in [0, 0.05) is 26.4 Å². The summed E-state index contributed by atoms with van der Waals surface area (Å²) in [5.41, 5.74) is 1.84. The molecule has 1 saturated carbocycles. The van der Waals surface area contributed by atoms with Crippen LogP contribution in [0.15, 0.2) is 30.9 Å². The highest BCUT2D eigenvalue weighted by atomic mass is 16.5. The van der Waals surface area contributed by atoms with Gasteiger partial charge in [-0.2, -0.15) is 10.1 Å². The molecule has 3 aromatic heterocycles. The minimum Gasteiger partial charge on any atom is -0.487 e. The van der Waals surface area contributed by atoms with Crippen molar-refractivity contribution >= 4 is 5.95 Å². The Morgan fingerprint density at radius 3 is 2.61 bits per heavy atom. The van der Waals surface area contributed by atoms with E-state index in [0.29, 0.717) is 30.8 Å². The Labute approximate surface area is 182 Å². The van der Waals surface area contributed by atoms with E-state index in [0.717, 1.165) is 29.8 Å². The van der Waals surface area contributed by atoms with Crippen molar-refractivity contribution in [3.05, 3.63) is 36.5 Å². The van der Waals surface area contributed by atoms with Crippen LogP contribution >= 0.6 is 0 Å². The topological polar surface area (TPSA) is 91.1 Å². The lowest BCUT2D eigenvalue weighted by Gasteiger charge is -2.22. The lowest BCUT2D eigenvalue weighted by atomic mass is 9.98. The Morgan fingerprint density at radius 1 is 1.10 bits per heavy atom. The molecule has 3 aromatic rings. The van der Waals surface area contributed by atoms with Gasteiger partial charge in [-0.1, -0.05) is 6.42 Å². The van der Waals surface area contributed by atoms with Gasteiger partial charge in [0.1, 0.15) is 0 Å². The molecule has 3 heterocycles. The average Bonchev–Trinajstić information content (AvgIpc) is 3.15. The zero-order valence-electron chi connectivity index (χ0n) is 18.4. The zero-order chi connectivity index (χ0) is 21.6. The van der Waals surface area contributed by atoms with Crippen LogP contribution in [0, 0.1) is 0 Å². The summed E-state index contributed by atoms with van der Waals surface area (Å²) in [7, 11) is 3.84. The van der Waals surface area contributed by atoms with Crippen LogP contribution in [0.25, 0.3) is 11.4 Å². The standard InChI is InChI=1S/C22H29N7O2/c1-4-30-20-10-11-23-22(27-20)28(2)15-19-18(14-26-29(19)3)21-24-12-17(13-25-21)31-16-8-6-5-7-9-16/h10-14,16H,4-9,15H2,1-3H3. The fraction of sp³-hybridized carbons (Fsp3) is 0.500. The summed E-state index contributed by atoms with van der Waals surface area (Å²) in [6, 6.07) is 1.75. The molecule has 0 amide bonds. The molecule has 0 N–H and O–H groups in total. The third-order valence-corrected chi connectivity index (χ3v) is 5.42. The molecule has 0 atom stereocenters. The highest BCUT2D eigenvalue weighted by Gasteiger charge is 2.18. The van der Waals surface area contributed by atoms with E-state index < -0.39 is 0 Å². The molecule has 0 bridgehead atoms. The molecule has 9 nitrogen and oxygen atoms in total. The van der Waals surface area contributed by atoms with Crippen LogP contribution in [0.2, 0.25) is 0 Å². The Bertz CT molecular complexity index is 984. The molecular weight excluding hydrogens is 394 g/mol. The first-order valence-corrected chi connectivity index (χ1v) is 10.8. The summed E-state index contributed by atoms with van der Waals surface area (Å²) in [5, 5.41) is 4.42. The van der Waals surface area contributed by atoms with Gasteiger partial charge in [0.05, 0.1) is 49.1 Å². The second kappa shape index (κ2) is 9.72. The molecule has 1 aliphatic rings. The van der Waals surface area contributed by atoms with Gasteiger partial charge in [0.15, 0.2) is 11.6 Å². The van der Waals surface area contributed by atoms with Crippen LogP contribution in [-0.2, 0) is 13.6 Å². The molecule has 1 fully saturated rings. The van der Waals surface area contributed by atoms with Crippen LogP contribution < -0.4 is 14.4 Å². The van der Waals surface area contributed by atoms with Crippen molar-refractivity contribution in [2.24, 2.45) is 7.05 Å². The van der Waals surface area contributed by atoms with E-state index in [1.165, 1.54) is 19.3 Å². The van der Waals surface area contributed by atoms with E-state index in [2.05, 4.69) is 25.0 Å². The molecule has 0 aliphatic heterocycles. The molecular formula is C22H29N7O2. The molecule has 0 aromatic carbocycles. The van der Waals surface area contributed by atoms with E-state index in [-0.39, 0.29) is 6.10 Å². The zero-order valence-corrected chi connectivity index (χ0v) is 18.4. The van der Waals surface area contributed by atoms with Crippen LogP contribution in [0.3, 0.4) is 0 Å². The van der Waals surface area contributed by atoms with E-state index in [9.17, 15) is 0 Å². The third-order valence-electron chi connectivity index (χ3n) is 5.42. The highest BCUT2D eigenvalue weighted by Crippen LogP contribution is 2.25. The van der Waals surface area contributed by atoms with Gasteiger partial charge in [0.25, 0.3) is 0 Å². The van der Waals surface area contributed by atoms with Gasteiger partial charge in [0.2, 0.25) is 11.8 Å². The van der Waals surface area contributed by atoms with Crippen LogP contribution in [0.1, 0.15) is 44.7 Å². The smallest absolute Gasteiger partial charge is 0.228 e. The molecule has 4 rings (SSSR count). The van der Waals surface area contributed by atoms with E-state index in [1.54, 1.807) is 30.9 Å². The average molecular weight is 424 g/mol. The number of nitrogens with zero attached hydrogens (tertiary/aromatic N) is 7. The Kier molecular flexibility index (Phi) is 6.59. The van der Waals surface area contributed by atoms with Crippen molar-refractivity contribution in [1.29, 1.82) is 0 Å². The highest BCUT2D eigenvalue weighted by molar-refractivity contribution is 5.58. The second-order valence-electron chi connectivity index (χ2n) is 7.73. The largest absolute Gasteiger partial charge is 0.487 e. The summed E-state index contributed by atoms with van der Waals surface area (Å²) in [6.07, 6.45) is 13.2. The fourth-order valence-electron chi connectivity index (χ4n) is 3.77. The van der Waals surface area contributed by atoms with Crippen molar-refractivity contribution < 1.29 is 9.47 Å². The fourth-order valence-corrected chi connectivity index (χ4v) is 3.77. The van der Waals surface area contributed by atoms with Crippen LogP contribution in [-0.4, -0.2) is 49.5 Å². The normalized spacial score (nSPS) is 14.4. The molecule has 0 unspecified atom stereocenters. The van der Waals surface area contributed by atoms with Crippen molar-refractivity contribution in [2.75, 3.05) is 18.6 Å². The van der Waals surface area contributed by atoms with E-state index in [1.807, 2.05) is 30.6 Å². The molecule has 0 saturated heterocycles. The molecule has 9 heteroatoms. The van der Waals surface area contributed by atoms with Crippen LogP contribution in [0.5, 0.6) is 11.6 Å². The molecule has 0 radical (unpaired) electrons. The van der Waals surface area contributed by atoms with Crippen molar-refractivity contribution in [1.82, 2.24) is 29.7 Å². The van der Waals surface area contributed by atoms with Gasteiger partial charge < -0.3 is 14.4 Å². The quantitative estimate of drug-likeness (QED) is 0.544. The van der Waals surface area contributed by atoms with Crippen molar-refractivity contribution in [3.8, 4) is 23.0 Å². The number of hydrogen-bond acceptors (Lipinski definition) is 8. The molecule has 0 spiro atoms. The molecule has 31 heavy (non-hydrogen) atoms. The number of rotatable bonds is 8. The first-order chi connectivity index (χ1) is 15.1. The van der Waals surface area contributed by atoms with Gasteiger partial charge in [-0.15, -0.1) is 0 Å².